The number of amides is 1. The van der Waals surface area contributed by atoms with Gasteiger partial charge in [0.1, 0.15) is 0 Å². The normalized spacial score (nSPS) is 23.4. The van der Waals surface area contributed by atoms with Crippen molar-refractivity contribution < 1.29 is 4.79 Å². The molecule has 0 spiro atoms. The Morgan fingerprint density at radius 2 is 2.17 bits per heavy atom. The minimum absolute atomic E-state index is 0.185. The SMILES string of the molecule is Cc1ccc(C)c(C(=O)N2CCC(C)C2CBr)c1. The summed E-state index contributed by atoms with van der Waals surface area (Å²) in [5.74, 6) is 0.767. The van der Waals surface area contributed by atoms with Crippen molar-refractivity contribution >= 4 is 21.8 Å². The van der Waals surface area contributed by atoms with Crippen LogP contribution in [0.25, 0.3) is 0 Å². The van der Waals surface area contributed by atoms with Gasteiger partial charge in [-0.1, -0.05) is 40.5 Å². The van der Waals surface area contributed by atoms with Crippen molar-refractivity contribution in [1.29, 1.82) is 0 Å². The molecule has 2 nitrogen and oxygen atoms in total. The molecule has 1 aromatic rings. The lowest BCUT2D eigenvalue weighted by atomic mass is 10.0. The maximum Gasteiger partial charge on any atom is 0.254 e. The second kappa shape index (κ2) is 5.43. The van der Waals surface area contributed by atoms with Gasteiger partial charge < -0.3 is 4.90 Å². The van der Waals surface area contributed by atoms with Gasteiger partial charge in [0, 0.05) is 23.5 Å². The summed E-state index contributed by atoms with van der Waals surface area (Å²) in [5.41, 5.74) is 3.07. The van der Waals surface area contributed by atoms with Crippen molar-refractivity contribution in [3.05, 3.63) is 34.9 Å². The molecule has 0 saturated carbocycles. The van der Waals surface area contributed by atoms with Crippen molar-refractivity contribution in [1.82, 2.24) is 4.90 Å². The third kappa shape index (κ3) is 2.46. The fourth-order valence-electron chi connectivity index (χ4n) is 2.62. The van der Waals surface area contributed by atoms with Crippen molar-refractivity contribution in [3.63, 3.8) is 0 Å². The van der Waals surface area contributed by atoms with Crippen LogP contribution in [0.2, 0.25) is 0 Å². The first kappa shape index (κ1) is 13.6. The first-order valence-electron chi connectivity index (χ1n) is 6.48. The van der Waals surface area contributed by atoms with Gasteiger partial charge in [0.25, 0.3) is 5.91 Å². The fraction of sp³-hybridized carbons (Fsp3) is 0.533. The van der Waals surface area contributed by atoms with Crippen LogP contribution < -0.4 is 0 Å². The van der Waals surface area contributed by atoms with E-state index >= 15 is 0 Å². The van der Waals surface area contributed by atoms with Crippen LogP contribution in [0.5, 0.6) is 0 Å². The summed E-state index contributed by atoms with van der Waals surface area (Å²) in [4.78, 5) is 14.7. The van der Waals surface area contributed by atoms with Crippen molar-refractivity contribution in [2.24, 2.45) is 5.92 Å². The smallest absolute Gasteiger partial charge is 0.254 e. The van der Waals surface area contributed by atoms with Crippen LogP contribution in [0.15, 0.2) is 18.2 Å². The molecule has 1 fully saturated rings. The third-order valence-electron chi connectivity index (χ3n) is 3.92. The summed E-state index contributed by atoms with van der Waals surface area (Å²) < 4.78 is 0. The van der Waals surface area contributed by atoms with E-state index in [1.165, 1.54) is 0 Å². The second-order valence-electron chi connectivity index (χ2n) is 5.30. The molecular weight excluding hydrogens is 290 g/mol. The molecule has 98 valence electrons. The highest BCUT2D eigenvalue weighted by Crippen LogP contribution is 2.27. The number of likely N-dealkylation sites (tertiary alicyclic amines) is 1. The number of nitrogens with zero attached hydrogens (tertiary/aromatic N) is 1. The maximum absolute atomic E-state index is 12.6. The van der Waals surface area contributed by atoms with Crippen LogP contribution in [0, 0.1) is 19.8 Å². The van der Waals surface area contributed by atoms with Crippen LogP contribution in [0.4, 0.5) is 0 Å². The monoisotopic (exact) mass is 309 g/mol. The van der Waals surface area contributed by atoms with Crippen LogP contribution in [0.3, 0.4) is 0 Å². The molecular formula is C15H20BrNO. The summed E-state index contributed by atoms with van der Waals surface area (Å²) in [7, 11) is 0. The predicted molar refractivity (Wildman–Crippen MR) is 78.3 cm³/mol. The lowest BCUT2D eigenvalue weighted by molar-refractivity contribution is 0.0738. The maximum atomic E-state index is 12.6. The van der Waals surface area contributed by atoms with E-state index in [9.17, 15) is 4.79 Å². The zero-order valence-corrected chi connectivity index (χ0v) is 12.8. The van der Waals surface area contributed by atoms with Gasteiger partial charge >= 0.3 is 0 Å². The summed E-state index contributed by atoms with van der Waals surface area (Å²) in [6, 6.07) is 6.43. The average Bonchev–Trinajstić information content (AvgIpc) is 2.72. The zero-order valence-electron chi connectivity index (χ0n) is 11.2. The van der Waals surface area contributed by atoms with E-state index in [1.807, 2.05) is 30.9 Å². The number of hydrogen-bond acceptors (Lipinski definition) is 1. The molecule has 0 N–H and O–H groups in total. The van der Waals surface area contributed by atoms with E-state index in [0.29, 0.717) is 12.0 Å². The third-order valence-corrected chi connectivity index (χ3v) is 4.59. The molecule has 1 aliphatic heterocycles. The van der Waals surface area contributed by atoms with Gasteiger partial charge in [-0.05, 0) is 37.8 Å². The molecule has 1 saturated heterocycles. The number of carbonyl (C=O) groups is 1. The van der Waals surface area contributed by atoms with Crippen molar-refractivity contribution in [2.45, 2.75) is 33.2 Å². The van der Waals surface area contributed by atoms with Gasteiger partial charge in [-0.25, -0.2) is 0 Å². The Labute approximate surface area is 117 Å². The van der Waals surface area contributed by atoms with Gasteiger partial charge in [-0.3, -0.25) is 4.79 Å². The first-order valence-corrected chi connectivity index (χ1v) is 7.61. The highest BCUT2D eigenvalue weighted by atomic mass is 79.9. The number of halogens is 1. The number of hydrogen-bond donors (Lipinski definition) is 0. The Morgan fingerprint density at radius 1 is 1.44 bits per heavy atom. The number of rotatable bonds is 2. The molecule has 0 bridgehead atoms. The van der Waals surface area contributed by atoms with E-state index in [4.69, 9.17) is 0 Å². The molecule has 2 unspecified atom stereocenters. The number of aryl methyl sites for hydroxylation is 2. The lowest BCUT2D eigenvalue weighted by Crippen LogP contribution is -2.38. The highest BCUT2D eigenvalue weighted by molar-refractivity contribution is 9.09. The van der Waals surface area contributed by atoms with Gasteiger partial charge in [-0.2, -0.15) is 0 Å². The summed E-state index contributed by atoms with van der Waals surface area (Å²) in [6.07, 6.45) is 1.10. The minimum Gasteiger partial charge on any atom is -0.335 e. The van der Waals surface area contributed by atoms with E-state index in [0.717, 1.165) is 35.0 Å². The summed E-state index contributed by atoms with van der Waals surface area (Å²) in [6.45, 7) is 7.14. The molecule has 2 atom stereocenters. The van der Waals surface area contributed by atoms with E-state index in [2.05, 4.69) is 28.9 Å². The van der Waals surface area contributed by atoms with Gasteiger partial charge in [-0.15, -0.1) is 0 Å². The quantitative estimate of drug-likeness (QED) is 0.765. The van der Waals surface area contributed by atoms with E-state index in [-0.39, 0.29) is 5.91 Å². The number of carbonyl (C=O) groups excluding carboxylic acids is 1. The fourth-order valence-corrected chi connectivity index (χ4v) is 3.60. The molecule has 0 radical (unpaired) electrons. The van der Waals surface area contributed by atoms with E-state index < -0.39 is 0 Å². The van der Waals surface area contributed by atoms with Crippen LogP contribution in [0.1, 0.15) is 34.8 Å². The highest BCUT2D eigenvalue weighted by Gasteiger charge is 2.34. The largest absolute Gasteiger partial charge is 0.335 e. The van der Waals surface area contributed by atoms with Gasteiger partial charge in [0.05, 0.1) is 0 Å². The van der Waals surface area contributed by atoms with Crippen LogP contribution >= 0.6 is 15.9 Å². The average molecular weight is 310 g/mol. The molecule has 0 aliphatic carbocycles. The van der Waals surface area contributed by atoms with E-state index in [1.54, 1.807) is 0 Å². The number of benzene rings is 1. The topological polar surface area (TPSA) is 20.3 Å². The number of alkyl halides is 1. The van der Waals surface area contributed by atoms with Crippen LogP contribution in [-0.4, -0.2) is 28.7 Å². The van der Waals surface area contributed by atoms with Gasteiger partial charge in [0.2, 0.25) is 0 Å². The molecule has 1 amide bonds. The van der Waals surface area contributed by atoms with Gasteiger partial charge in [0.15, 0.2) is 0 Å². The molecule has 3 heteroatoms. The van der Waals surface area contributed by atoms with Crippen molar-refractivity contribution in [3.8, 4) is 0 Å². The predicted octanol–water partition coefficient (Wildman–Crippen LogP) is 3.55. The lowest BCUT2D eigenvalue weighted by Gasteiger charge is -2.26. The standard InChI is InChI=1S/C15H20BrNO/c1-10-4-5-11(2)13(8-10)15(18)17-7-6-12(3)14(17)9-16/h4-5,8,12,14H,6-7,9H2,1-3H3. The molecule has 1 heterocycles. The molecule has 2 rings (SSSR count). The Morgan fingerprint density at radius 3 is 2.83 bits per heavy atom. The molecule has 0 aromatic heterocycles. The summed E-state index contributed by atoms with van der Waals surface area (Å²) >= 11 is 3.54. The Balaban J connectivity index is 2.28. The Hall–Kier alpha value is -0.830. The summed E-state index contributed by atoms with van der Waals surface area (Å²) in [5, 5.41) is 0.866. The molecule has 18 heavy (non-hydrogen) atoms. The Bertz CT molecular complexity index is 458. The van der Waals surface area contributed by atoms with Crippen LogP contribution in [-0.2, 0) is 0 Å². The minimum atomic E-state index is 0.185. The molecule has 1 aromatic carbocycles. The second-order valence-corrected chi connectivity index (χ2v) is 5.95. The molecule has 1 aliphatic rings. The zero-order chi connectivity index (χ0) is 13.3. The Kier molecular flexibility index (Phi) is 4.10. The first-order chi connectivity index (χ1) is 8.54. The van der Waals surface area contributed by atoms with Crippen molar-refractivity contribution in [2.75, 3.05) is 11.9 Å².